The van der Waals surface area contributed by atoms with Crippen LogP contribution in [0.15, 0.2) is 36.5 Å². The van der Waals surface area contributed by atoms with Gasteiger partial charge in [0.25, 0.3) is 5.91 Å². The minimum absolute atomic E-state index is 0. The van der Waals surface area contributed by atoms with Crippen LogP contribution in [0.4, 0.5) is 4.39 Å². The average molecular weight is 325 g/mol. The fourth-order valence-electron chi connectivity index (χ4n) is 2.47. The van der Waals surface area contributed by atoms with Gasteiger partial charge in [-0.3, -0.25) is 4.79 Å². The number of benzene rings is 1. The molecule has 1 saturated heterocycles. The maximum absolute atomic E-state index is 12.9. The van der Waals surface area contributed by atoms with Crippen molar-refractivity contribution in [2.45, 2.75) is 13.0 Å². The summed E-state index contributed by atoms with van der Waals surface area (Å²) < 4.78 is 14.5. The molecule has 22 heavy (non-hydrogen) atoms. The van der Waals surface area contributed by atoms with Crippen LogP contribution in [-0.2, 0) is 0 Å². The number of nitrogens with one attached hydrogen (secondary N) is 1. The van der Waals surface area contributed by atoms with Gasteiger partial charge in [0.05, 0.1) is 5.69 Å². The molecule has 1 fully saturated rings. The fourth-order valence-corrected chi connectivity index (χ4v) is 2.47. The molecule has 0 aliphatic carbocycles. The SMILES string of the molecule is CC1CNCCN1C(=O)c1ccn(-c2ccc(F)cc2)n1.Cl. The Morgan fingerprint density at radius 3 is 2.73 bits per heavy atom. The summed E-state index contributed by atoms with van der Waals surface area (Å²) >= 11 is 0. The highest BCUT2D eigenvalue weighted by Crippen LogP contribution is 2.12. The number of carbonyl (C=O) groups excluding carboxylic acids is 1. The molecule has 7 heteroatoms. The highest BCUT2D eigenvalue weighted by molar-refractivity contribution is 5.92. The molecule has 118 valence electrons. The van der Waals surface area contributed by atoms with Gasteiger partial charge >= 0.3 is 0 Å². The maximum atomic E-state index is 12.9. The van der Waals surface area contributed by atoms with E-state index in [1.807, 2.05) is 11.8 Å². The largest absolute Gasteiger partial charge is 0.332 e. The Hall–Kier alpha value is -1.92. The Morgan fingerprint density at radius 1 is 1.32 bits per heavy atom. The lowest BCUT2D eigenvalue weighted by Gasteiger charge is -2.33. The number of nitrogens with zero attached hydrogens (tertiary/aromatic N) is 3. The monoisotopic (exact) mass is 324 g/mol. The molecule has 2 aromatic rings. The van der Waals surface area contributed by atoms with E-state index in [1.165, 1.54) is 12.1 Å². The van der Waals surface area contributed by atoms with Crippen molar-refractivity contribution in [3.05, 3.63) is 48.0 Å². The van der Waals surface area contributed by atoms with Gasteiger partial charge in [0, 0.05) is 31.9 Å². The molecule has 3 rings (SSSR count). The predicted molar refractivity (Wildman–Crippen MR) is 84.1 cm³/mol. The van der Waals surface area contributed by atoms with E-state index in [9.17, 15) is 9.18 Å². The molecule has 0 radical (unpaired) electrons. The smallest absolute Gasteiger partial charge is 0.274 e. The van der Waals surface area contributed by atoms with E-state index in [-0.39, 0.29) is 30.2 Å². The highest BCUT2D eigenvalue weighted by atomic mass is 35.5. The lowest BCUT2D eigenvalue weighted by atomic mass is 10.2. The molecule has 0 saturated carbocycles. The van der Waals surface area contributed by atoms with Crippen molar-refractivity contribution in [3.8, 4) is 5.69 Å². The van der Waals surface area contributed by atoms with Crippen LogP contribution in [0.2, 0.25) is 0 Å². The van der Waals surface area contributed by atoms with Crippen LogP contribution in [0.5, 0.6) is 0 Å². The second-order valence-electron chi connectivity index (χ2n) is 5.17. The summed E-state index contributed by atoms with van der Waals surface area (Å²) in [7, 11) is 0. The summed E-state index contributed by atoms with van der Waals surface area (Å²) in [5, 5.41) is 7.55. The van der Waals surface area contributed by atoms with Gasteiger partial charge in [0.2, 0.25) is 0 Å². The molecule has 1 amide bonds. The summed E-state index contributed by atoms with van der Waals surface area (Å²) in [5.74, 6) is -0.360. The van der Waals surface area contributed by atoms with Gasteiger partial charge in [-0.05, 0) is 37.3 Å². The Balaban J connectivity index is 0.00000176. The number of rotatable bonds is 2. The van der Waals surface area contributed by atoms with Gasteiger partial charge in [0.1, 0.15) is 5.82 Å². The molecule has 1 aromatic heterocycles. The Kier molecular flexibility index (Phi) is 5.15. The van der Waals surface area contributed by atoms with Crippen molar-refractivity contribution in [2.75, 3.05) is 19.6 Å². The second kappa shape index (κ2) is 6.89. The van der Waals surface area contributed by atoms with Gasteiger partial charge in [-0.25, -0.2) is 9.07 Å². The van der Waals surface area contributed by atoms with Crippen LogP contribution in [0.3, 0.4) is 0 Å². The van der Waals surface area contributed by atoms with Crippen molar-refractivity contribution < 1.29 is 9.18 Å². The molecule has 2 heterocycles. The molecule has 5 nitrogen and oxygen atoms in total. The van der Waals surface area contributed by atoms with Crippen LogP contribution in [0.25, 0.3) is 5.69 Å². The van der Waals surface area contributed by atoms with E-state index in [1.54, 1.807) is 29.1 Å². The Morgan fingerprint density at radius 2 is 2.05 bits per heavy atom. The first-order valence-corrected chi connectivity index (χ1v) is 6.98. The third-order valence-electron chi connectivity index (χ3n) is 3.66. The summed E-state index contributed by atoms with van der Waals surface area (Å²) in [6.07, 6.45) is 1.72. The molecule has 1 atom stereocenters. The van der Waals surface area contributed by atoms with Crippen molar-refractivity contribution in [1.82, 2.24) is 20.0 Å². The average Bonchev–Trinajstić information content (AvgIpc) is 2.98. The standard InChI is InChI=1S/C15H17FN4O.ClH/c1-11-10-17-7-9-19(11)15(21)14-6-8-20(18-14)13-4-2-12(16)3-5-13;/h2-6,8,11,17H,7,9-10H2,1H3;1H. The summed E-state index contributed by atoms with van der Waals surface area (Å²) in [5.41, 5.74) is 1.14. The van der Waals surface area contributed by atoms with E-state index < -0.39 is 0 Å². The first-order chi connectivity index (χ1) is 10.1. The summed E-state index contributed by atoms with van der Waals surface area (Å²) in [6.45, 7) is 4.30. The van der Waals surface area contributed by atoms with Crippen LogP contribution in [0, 0.1) is 5.82 Å². The number of piperazine rings is 1. The first kappa shape index (κ1) is 16.5. The van der Waals surface area contributed by atoms with Crippen LogP contribution < -0.4 is 5.32 Å². The molecule has 0 spiro atoms. The first-order valence-electron chi connectivity index (χ1n) is 6.98. The minimum atomic E-state index is -0.295. The van der Waals surface area contributed by atoms with Crippen molar-refractivity contribution in [3.63, 3.8) is 0 Å². The van der Waals surface area contributed by atoms with Gasteiger partial charge in [-0.15, -0.1) is 12.4 Å². The Bertz CT molecular complexity index is 643. The second-order valence-corrected chi connectivity index (χ2v) is 5.17. The molecule has 1 aromatic carbocycles. The Labute approximate surface area is 134 Å². The molecule has 1 unspecified atom stereocenters. The summed E-state index contributed by atoms with van der Waals surface area (Å²) in [4.78, 5) is 14.3. The van der Waals surface area contributed by atoms with E-state index in [2.05, 4.69) is 10.4 Å². The molecule has 1 aliphatic heterocycles. The van der Waals surface area contributed by atoms with Crippen molar-refractivity contribution in [2.24, 2.45) is 0 Å². The minimum Gasteiger partial charge on any atom is -0.332 e. The quantitative estimate of drug-likeness (QED) is 0.917. The number of amides is 1. The third kappa shape index (κ3) is 3.28. The topological polar surface area (TPSA) is 50.2 Å². The normalized spacial score (nSPS) is 17.9. The maximum Gasteiger partial charge on any atom is 0.274 e. The van der Waals surface area contributed by atoms with Crippen LogP contribution in [0.1, 0.15) is 17.4 Å². The zero-order valence-corrected chi connectivity index (χ0v) is 13.0. The lowest BCUT2D eigenvalue weighted by molar-refractivity contribution is 0.0649. The highest BCUT2D eigenvalue weighted by Gasteiger charge is 2.25. The number of aromatic nitrogens is 2. The van der Waals surface area contributed by atoms with Crippen LogP contribution in [-0.4, -0.2) is 46.3 Å². The van der Waals surface area contributed by atoms with Gasteiger partial charge in [-0.1, -0.05) is 0 Å². The molecule has 1 N–H and O–H groups in total. The fraction of sp³-hybridized carbons (Fsp3) is 0.333. The number of hydrogen-bond donors (Lipinski definition) is 1. The van der Waals surface area contributed by atoms with Crippen LogP contribution >= 0.6 is 12.4 Å². The molecule has 1 aliphatic rings. The lowest BCUT2D eigenvalue weighted by Crippen LogP contribution is -2.52. The van der Waals surface area contributed by atoms with Crippen molar-refractivity contribution >= 4 is 18.3 Å². The van der Waals surface area contributed by atoms with E-state index in [0.717, 1.165) is 18.8 Å². The van der Waals surface area contributed by atoms with Gasteiger partial charge < -0.3 is 10.2 Å². The number of carbonyl (C=O) groups is 1. The van der Waals surface area contributed by atoms with E-state index in [4.69, 9.17) is 0 Å². The number of hydrogen-bond acceptors (Lipinski definition) is 3. The number of halogens is 2. The van der Waals surface area contributed by atoms with Crippen molar-refractivity contribution in [1.29, 1.82) is 0 Å². The molecule has 0 bridgehead atoms. The van der Waals surface area contributed by atoms with Gasteiger partial charge in [0.15, 0.2) is 5.69 Å². The molecular formula is C15H18ClFN4O. The van der Waals surface area contributed by atoms with E-state index >= 15 is 0 Å². The molecular weight excluding hydrogens is 307 g/mol. The zero-order valence-electron chi connectivity index (χ0n) is 12.2. The van der Waals surface area contributed by atoms with E-state index in [0.29, 0.717) is 12.2 Å². The summed E-state index contributed by atoms with van der Waals surface area (Å²) in [6, 6.07) is 7.85. The van der Waals surface area contributed by atoms with Gasteiger partial charge in [-0.2, -0.15) is 5.10 Å². The zero-order chi connectivity index (χ0) is 14.8. The predicted octanol–water partition coefficient (Wildman–Crippen LogP) is 1.87. The third-order valence-corrected chi connectivity index (χ3v) is 3.66.